The highest BCUT2D eigenvalue weighted by atomic mass is 16.7. The number of unbranched alkanes of at least 4 members (excludes halogenated alkanes) is 1. The zero-order chi connectivity index (χ0) is 15.4. The Morgan fingerprint density at radius 2 is 1.95 bits per heavy atom. The molecule has 4 nitrogen and oxygen atoms in total. The smallest absolute Gasteiger partial charge is 0.231 e. The van der Waals surface area contributed by atoms with Crippen LogP contribution < -0.4 is 14.8 Å². The molecule has 0 bridgehead atoms. The van der Waals surface area contributed by atoms with Gasteiger partial charge in [-0.2, -0.15) is 0 Å². The van der Waals surface area contributed by atoms with Crippen LogP contribution in [0.4, 0.5) is 5.69 Å². The molecule has 22 heavy (non-hydrogen) atoms. The first kappa shape index (κ1) is 15.2. The number of fused-ring (bicyclic) bond motifs is 1. The normalized spacial score (nSPS) is 23.3. The van der Waals surface area contributed by atoms with Gasteiger partial charge in [0.2, 0.25) is 12.7 Å². The van der Waals surface area contributed by atoms with Crippen LogP contribution in [0.5, 0.6) is 11.5 Å². The van der Waals surface area contributed by atoms with Crippen molar-refractivity contribution in [3.63, 3.8) is 0 Å². The lowest BCUT2D eigenvalue weighted by Crippen LogP contribution is -2.27. The molecule has 0 aromatic heterocycles. The molecule has 0 spiro atoms. The third-order valence-corrected chi connectivity index (χ3v) is 4.82. The number of benzene rings is 1. The van der Waals surface area contributed by atoms with Crippen LogP contribution in [0.2, 0.25) is 0 Å². The van der Waals surface area contributed by atoms with Crippen LogP contribution in [0.15, 0.2) is 18.2 Å². The molecule has 120 valence electrons. The molecule has 1 aromatic rings. The van der Waals surface area contributed by atoms with Crippen molar-refractivity contribution in [2.45, 2.75) is 51.9 Å². The average Bonchev–Trinajstić information content (AvgIpc) is 3.01. The molecule has 1 saturated carbocycles. The van der Waals surface area contributed by atoms with E-state index >= 15 is 0 Å². The summed E-state index contributed by atoms with van der Waals surface area (Å²) in [5.41, 5.74) is 0.794. The lowest BCUT2D eigenvalue weighted by Gasteiger charge is -2.27. The molecule has 1 N–H and O–H groups in total. The van der Waals surface area contributed by atoms with Gasteiger partial charge in [0.1, 0.15) is 0 Å². The number of amides is 1. The number of rotatable bonds is 5. The summed E-state index contributed by atoms with van der Waals surface area (Å²) in [7, 11) is 0. The molecule has 1 amide bonds. The first-order valence-corrected chi connectivity index (χ1v) is 8.46. The van der Waals surface area contributed by atoms with Crippen molar-refractivity contribution >= 4 is 11.6 Å². The van der Waals surface area contributed by atoms with Gasteiger partial charge in [0.15, 0.2) is 11.5 Å². The second kappa shape index (κ2) is 7.03. The van der Waals surface area contributed by atoms with E-state index in [-0.39, 0.29) is 18.6 Å². The van der Waals surface area contributed by atoms with Crippen LogP contribution in [0.25, 0.3) is 0 Å². The number of nitrogens with one attached hydrogen (secondary N) is 1. The maximum atomic E-state index is 12.4. The van der Waals surface area contributed by atoms with Crippen LogP contribution in [0, 0.1) is 11.8 Å². The van der Waals surface area contributed by atoms with Crippen molar-refractivity contribution in [1.82, 2.24) is 0 Å². The van der Waals surface area contributed by atoms with Crippen LogP contribution in [-0.2, 0) is 4.79 Å². The molecule has 0 saturated heterocycles. The van der Waals surface area contributed by atoms with Crippen molar-refractivity contribution in [2.24, 2.45) is 11.8 Å². The Kier molecular flexibility index (Phi) is 4.86. The molecule has 1 aliphatic heterocycles. The minimum absolute atomic E-state index is 0.146. The first-order valence-electron chi connectivity index (χ1n) is 8.46. The fourth-order valence-corrected chi connectivity index (χ4v) is 3.42. The third-order valence-electron chi connectivity index (χ3n) is 4.82. The summed E-state index contributed by atoms with van der Waals surface area (Å²) in [6.07, 6.45) is 8.34. The molecule has 0 unspecified atom stereocenters. The number of ether oxygens (including phenoxy) is 2. The molecular weight excluding hydrogens is 278 g/mol. The molecule has 1 aromatic carbocycles. The zero-order valence-electron chi connectivity index (χ0n) is 13.3. The van der Waals surface area contributed by atoms with Gasteiger partial charge in [-0.25, -0.2) is 0 Å². The molecular formula is C18H25NO3. The second-order valence-electron chi connectivity index (χ2n) is 6.42. The van der Waals surface area contributed by atoms with Gasteiger partial charge in [-0.15, -0.1) is 0 Å². The molecule has 2 aliphatic rings. The van der Waals surface area contributed by atoms with Gasteiger partial charge >= 0.3 is 0 Å². The molecule has 4 heteroatoms. The Balaban J connectivity index is 1.50. The van der Waals surface area contributed by atoms with E-state index in [0.29, 0.717) is 5.75 Å². The summed E-state index contributed by atoms with van der Waals surface area (Å²) in [4.78, 5) is 12.4. The maximum absolute atomic E-state index is 12.4. The molecule has 0 atom stereocenters. The highest BCUT2D eigenvalue weighted by Crippen LogP contribution is 2.35. The fourth-order valence-electron chi connectivity index (χ4n) is 3.42. The molecule has 3 rings (SSSR count). The maximum Gasteiger partial charge on any atom is 0.231 e. The Hall–Kier alpha value is -1.71. The van der Waals surface area contributed by atoms with Crippen molar-refractivity contribution in [2.75, 3.05) is 12.1 Å². The minimum Gasteiger partial charge on any atom is -0.454 e. The monoisotopic (exact) mass is 303 g/mol. The molecule has 1 fully saturated rings. The van der Waals surface area contributed by atoms with Gasteiger partial charge in [0, 0.05) is 17.7 Å². The number of carbonyl (C=O) groups is 1. The van der Waals surface area contributed by atoms with Gasteiger partial charge in [-0.3, -0.25) is 4.79 Å². The van der Waals surface area contributed by atoms with Crippen molar-refractivity contribution < 1.29 is 14.3 Å². The SMILES string of the molecule is CCCCC1CCC(C(=O)Nc2ccc3c(c2)OCO3)CC1. The van der Waals surface area contributed by atoms with Crippen LogP contribution in [0.3, 0.4) is 0 Å². The Morgan fingerprint density at radius 1 is 1.18 bits per heavy atom. The largest absolute Gasteiger partial charge is 0.454 e. The van der Waals surface area contributed by atoms with Crippen LogP contribution in [0.1, 0.15) is 51.9 Å². The van der Waals surface area contributed by atoms with Gasteiger partial charge in [-0.1, -0.05) is 26.2 Å². The Morgan fingerprint density at radius 3 is 2.73 bits per heavy atom. The number of carbonyl (C=O) groups excluding carboxylic acids is 1. The summed E-state index contributed by atoms with van der Waals surface area (Å²) in [6.45, 7) is 2.50. The summed E-state index contributed by atoms with van der Waals surface area (Å²) in [5, 5.41) is 3.02. The topological polar surface area (TPSA) is 47.6 Å². The molecule has 0 radical (unpaired) electrons. The van der Waals surface area contributed by atoms with Gasteiger partial charge < -0.3 is 14.8 Å². The quantitative estimate of drug-likeness (QED) is 0.879. The van der Waals surface area contributed by atoms with E-state index in [2.05, 4.69) is 12.2 Å². The van der Waals surface area contributed by atoms with E-state index in [9.17, 15) is 4.79 Å². The number of hydrogen-bond donors (Lipinski definition) is 1. The summed E-state index contributed by atoms with van der Waals surface area (Å²) in [5.74, 6) is 2.58. The predicted octanol–water partition coefficient (Wildman–Crippen LogP) is 4.35. The van der Waals surface area contributed by atoms with E-state index in [4.69, 9.17) is 9.47 Å². The van der Waals surface area contributed by atoms with Crippen LogP contribution >= 0.6 is 0 Å². The third kappa shape index (κ3) is 3.54. The molecule has 1 heterocycles. The lowest BCUT2D eigenvalue weighted by atomic mass is 9.79. The van der Waals surface area contributed by atoms with E-state index < -0.39 is 0 Å². The van der Waals surface area contributed by atoms with E-state index in [1.54, 1.807) is 0 Å². The number of anilines is 1. The van der Waals surface area contributed by atoms with Gasteiger partial charge in [0.05, 0.1) is 0 Å². The summed E-state index contributed by atoms with van der Waals surface area (Å²) >= 11 is 0. The van der Waals surface area contributed by atoms with Crippen LogP contribution in [-0.4, -0.2) is 12.7 Å². The second-order valence-corrected chi connectivity index (χ2v) is 6.42. The highest BCUT2D eigenvalue weighted by Gasteiger charge is 2.26. The van der Waals surface area contributed by atoms with Gasteiger partial charge in [0.25, 0.3) is 0 Å². The zero-order valence-corrected chi connectivity index (χ0v) is 13.3. The standard InChI is InChI=1S/C18H25NO3/c1-2-3-4-13-5-7-14(8-6-13)18(20)19-15-9-10-16-17(11-15)22-12-21-16/h9-11,13-14H,2-8,12H2,1H3,(H,19,20). The van der Waals surface area contributed by atoms with Gasteiger partial charge in [-0.05, 0) is 43.7 Å². The Labute approximate surface area is 132 Å². The lowest BCUT2D eigenvalue weighted by molar-refractivity contribution is -0.121. The fraction of sp³-hybridized carbons (Fsp3) is 0.611. The van der Waals surface area contributed by atoms with E-state index in [1.165, 1.54) is 32.1 Å². The summed E-state index contributed by atoms with van der Waals surface area (Å²) in [6, 6.07) is 5.56. The predicted molar refractivity (Wildman–Crippen MR) is 86.2 cm³/mol. The minimum atomic E-state index is 0.146. The van der Waals surface area contributed by atoms with Crippen molar-refractivity contribution in [3.8, 4) is 11.5 Å². The van der Waals surface area contributed by atoms with E-state index in [1.807, 2.05) is 18.2 Å². The molecule has 1 aliphatic carbocycles. The van der Waals surface area contributed by atoms with E-state index in [0.717, 1.165) is 30.2 Å². The number of hydrogen-bond acceptors (Lipinski definition) is 3. The Bertz CT molecular complexity index is 521. The van der Waals surface area contributed by atoms with Crippen molar-refractivity contribution in [1.29, 1.82) is 0 Å². The highest BCUT2D eigenvalue weighted by molar-refractivity contribution is 5.92. The van der Waals surface area contributed by atoms with Crippen molar-refractivity contribution in [3.05, 3.63) is 18.2 Å². The first-order chi connectivity index (χ1) is 10.8. The summed E-state index contributed by atoms with van der Waals surface area (Å²) < 4.78 is 10.6. The average molecular weight is 303 g/mol.